The van der Waals surface area contributed by atoms with Gasteiger partial charge in [-0.25, -0.2) is 4.98 Å². The first kappa shape index (κ1) is 20.4. The van der Waals surface area contributed by atoms with Gasteiger partial charge in [0.05, 0.1) is 18.5 Å². The van der Waals surface area contributed by atoms with E-state index < -0.39 is 0 Å². The SMILES string of the molecule is COc1ccccc1Nc1nc(C)c(C(=O)N2CCCCC2Cc2ccccc2)s1. The minimum atomic E-state index is 0.0960. The van der Waals surface area contributed by atoms with Crippen molar-refractivity contribution in [3.05, 3.63) is 70.7 Å². The molecule has 1 amide bonds. The Hall–Kier alpha value is -2.86. The number of carbonyl (C=O) groups excluding carboxylic acids is 1. The zero-order chi connectivity index (χ0) is 20.9. The summed E-state index contributed by atoms with van der Waals surface area (Å²) in [6.07, 6.45) is 4.17. The van der Waals surface area contributed by atoms with Crippen LogP contribution in [0.15, 0.2) is 54.6 Å². The van der Waals surface area contributed by atoms with Gasteiger partial charge >= 0.3 is 0 Å². The van der Waals surface area contributed by atoms with E-state index in [1.165, 1.54) is 23.3 Å². The average molecular weight is 422 g/mol. The highest BCUT2D eigenvalue weighted by atomic mass is 32.1. The monoisotopic (exact) mass is 421 g/mol. The molecule has 5 nitrogen and oxygen atoms in total. The Morgan fingerprint density at radius 3 is 2.73 bits per heavy atom. The molecule has 1 fully saturated rings. The summed E-state index contributed by atoms with van der Waals surface area (Å²) in [5.74, 6) is 0.843. The van der Waals surface area contributed by atoms with Crippen LogP contribution in [0.4, 0.5) is 10.8 Å². The van der Waals surface area contributed by atoms with Crippen molar-refractivity contribution in [2.45, 2.75) is 38.6 Å². The zero-order valence-corrected chi connectivity index (χ0v) is 18.2. The molecule has 1 aliphatic heterocycles. The minimum Gasteiger partial charge on any atom is -0.495 e. The second-order valence-electron chi connectivity index (χ2n) is 7.60. The molecule has 1 unspecified atom stereocenters. The fourth-order valence-electron chi connectivity index (χ4n) is 4.01. The molecule has 1 N–H and O–H groups in total. The van der Waals surface area contributed by atoms with Crippen molar-refractivity contribution in [1.29, 1.82) is 0 Å². The fourth-order valence-corrected chi connectivity index (χ4v) is 4.94. The highest BCUT2D eigenvalue weighted by molar-refractivity contribution is 7.17. The number of rotatable bonds is 6. The van der Waals surface area contributed by atoms with E-state index in [2.05, 4.69) is 39.5 Å². The zero-order valence-electron chi connectivity index (χ0n) is 17.4. The van der Waals surface area contributed by atoms with Crippen LogP contribution in [0, 0.1) is 6.92 Å². The smallest absolute Gasteiger partial charge is 0.266 e. The number of methoxy groups -OCH3 is 1. The number of hydrogen-bond acceptors (Lipinski definition) is 5. The first-order chi connectivity index (χ1) is 14.7. The number of aromatic nitrogens is 1. The first-order valence-corrected chi connectivity index (χ1v) is 11.2. The number of anilines is 2. The van der Waals surface area contributed by atoms with Gasteiger partial charge in [-0.15, -0.1) is 0 Å². The molecular weight excluding hydrogens is 394 g/mol. The molecule has 0 radical (unpaired) electrons. The van der Waals surface area contributed by atoms with Crippen molar-refractivity contribution >= 4 is 28.1 Å². The Labute approximate surface area is 181 Å². The molecule has 0 aliphatic carbocycles. The van der Waals surface area contributed by atoms with Crippen LogP contribution in [0.2, 0.25) is 0 Å². The topological polar surface area (TPSA) is 54.5 Å². The van der Waals surface area contributed by atoms with Gasteiger partial charge in [-0.3, -0.25) is 4.79 Å². The second-order valence-corrected chi connectivity index (χ2v) is 8.60. The molecule has 156 valence electrons. The van der Waals surface area contributed by atoms with E-state index in [1.807, 2.05) is 37.3 Å². The molecule has 2 heterocycles. The summed E-state index contributed by atoms with van der Waals surface area (Å²) >= 11 is 1.41. The lowest BCUT2D eigenvalue weighted by Crippen LogP contribution is -2.44. The van der Waals surface area contributed by atoms with Crippen LogP contribution in [-0.4, -0.2) is 35.5 Å². The largest absolute Gasteiger partial charge is 0.495 e. The molecule has 1 saturated heterocycles. The Balaban J connectivity index is 1.53. The standard InChI is InChI=1S/C24H27N3O2S/c1-17-22(30-24(25-17)26-20-13-6-7-14-21(20)29-2)23(28)27-15-9-8-12-19(27)16-18-10-4-3-5-11-18/h3-7,10-11,13-14,19H,8-9,12,15-16H2,1-2H3,(H,25,26). The number of nitrogens with one attached hydrogen (secondary N) is 1. The number of amides is 1. The van der Waals surface area contributed by atoms with E-state index in [0.717, 1.165) is 42.9 Å². The molecule has 0 spiro atoms. The number of carbonyl (C=O) groups is 1. The summed E-state index contributed by atoms with van der Waals surface area (Å²) in [5.41, 5.74) is 2.89. The molecule has 0 bridgehead atoms. The van der Waals surface area contributed by atoms with E-state index in [-0.39, 0.29) is 11.9 Å². The van der Waals surface area contributed by atoms with Gasteiger partial charge in [0.2, 0.25) is 0 Å². The molecule has 4 rings (SSSR count). The van der Waals surface area contributed by atoms with Crippen molar-refractivity contribution in [2.24, 2.45) is 0 Å². The number of para-hydroxylation sites is 2. The van der Waals surface area contributed by atoms with Gasteiger partial charge in [0.1, 0.15) is 10.6 Å². The first-order valence-electron chi connectivity index (χ1n) is 10.4. The Kier molecular flexibility index (Phi) is 6.33. The van der Waals surface area contributed by atoms with Crippen LogP contribution in [-0.2, 0) is 6.42 Å². The van der Waals surface area contributed by atoms with E-state index in [9.17, 15) is 4.79 Å². The van der Waals surface area contributed by atoms with E-state index in [1.54, 1.807) is 7.11 Å². The lowest BCUT2D eigenvalue weighted by Gasteiger charge is -2.35. The van der Waals surface area contributed by atoms with Gasteiger partial charge in [-0.1, -0.05) is 53.8 Å². The number of ether oxygens (including phenoxy) is 1. The maximum absolute atomic E-state index is 13.5. The number of benzene rings is 2. The van der Waals surface area contributed by atoms with Crippen LogP contribution in [0.5, 0.6) is 5.75 Å². The lowest BCUT2D eigenvalue weighted by molar-refractivity contribution is 0.0617. The molecule has 1 aliphatic rings. The highest BCUT2D eigenvalue weighted by Gasteiger charge is 2.30. The minimum absolute atomic E-state index is 0.0960. The maximum Gasteiger partial charge on any atom is 0.266 e. The van der Waals surface area contributed by atoms with Crippen molar-refractivity contribution < 1.29 is 9.53 Å². The van der Waals surface area contributed by atoms with Crippen LogP contribution in [0.1, 0.15) is 40.2 Å². The van der Waals surface area contributed by atoms with E-state index in [4.69, 9.17) is 4.74 Å². The van der Waals surface area contributed by atoms with Gasteiger partial charge in [-0.05, 0) is 50.3 Å². The van der Waals surface area contributed by atoms with Crippen molar-refractivity contribution in [3.63, 3.8) is 0 Å². The predicted octanol–water partition coefficient (Wildman–Crippen LogP) is 5.44. The van der Waals surface area contributed by atoms with Crippen LogP contribution in [0.25, 0.3) is 0 Å². The summed E-state index contributed by atoms with van der Waals surface area (Å²) in [5, 5.41) is 4.01. The van der Waals surface area contributed by atoms with Crippen molar-refractivity contribution in [1.82, 2.24) is 9.88 Å². The normalized spacial score (nSPS) is 16.3. The number of thiazole rings is 1. The van der Waals surface area contributed by atoms with Gasteiger partial charge in [0.25, 0.3) is 5.91 Å². The molecule has 30 heavy (non-hydrogen) atoms. The third-order valence-corrected chi connectivity index (χ3v) is 6.60. The molecule has 6 heteroatoms. The summed E-state index contributed by atoms with van der Waals surface area (Å²) in [7, 11) is 1.64. The predicted molar refractivity (Wildman–Crippen MR) is 122 cm³/mol. The molecule has 1 atom stereocenters. The number of nitrogens with zero attached hydrogens (tertiary/aromatic N) is 2. The Morgan fingerprint density at radius 1 is 1.17 bits per heavy atom. The summed E-state index contributed by atoms with van der Waals surface area (Å²) in [6, 6.07) is 18.4. The third kappa shape index (κ3) is 4.49. The van der Waals surface area contributed by atoms with Gasteiger partial charge in [0.15, 0.2) is 5.13 Å². The van der Waals surface area contributed by atoms with Crippen molar-refractivity contribution in [3.8, 4) is 5.75 Å². The summed E-state index contributed by atoms with van der Waals surface area (Å²) in [4.78, 5) is 20.8. The fraction of sp³-hybridized carbons (Fsp3) is 0.333. The van der Waals surface area contributed by atoms with Crippen molar-refractivity contribution in [2.75, 3.05) is 19.0 Å². The number of likely N-dealkylation sites (tertiary alicyclic amines) is 1. The number of aryl methyl sites for hydroxylation is 1. The van der Waals surface area contributed by atoms with Gasteiger partial charge < -0.3 is 15.0 Å². The molecule has 1 aromatic heterocycles. The molecule has 2 aromatic carbocycles. The van der Waals surface area contributed by atoms with Crippen LogP contribution < -0.4 is 10.1 Å². The molecular formula is C24H27N3O2S. The third-order valence-electron chi connectivity index (χ3n) is 5.54. The summed E-state index contributed by atoms with van der Waals surface area (Å²) < 4.78 is 5.41. The average Bonchev–Trinajstić information content (AvgIpc) is 3.14. The number of hydrogen-bond donors (Lipinski definition) is 1. The highest BCUT2D eigenvalue weighted by Crippen LogP contribution is 2.32. The second kappa shape index (κ2) is 9.30. The van der Waals surface area contributed by atoms with Gasteiger partial charge in [0, 0.05) is 12.6 Å². The van der Waals surface area contributed by atoms with Crippen LogP contribution in [0.3, 0.4) is 0 Å². The van der Waals surface area contributed by atoms with E-state index >= 15 is 0 Å². The van der Waals surface area contributed by atoms with Crippen LogP contribution >= 0.6 is 11.3 Å². The molecule has 3 aromatic rings. The lowest BCUT2D eigenvalue weighted by atomic mass is 9.95. The number of piperidine rings is 1. The van der Waals surface area contributed by atoms with Gasteiger partial charge in [-0.2, -0.15) is 0 Å². The Morgan fingerprint density at radius 2 is 1.93 bits per heavy atom. The Bertz CT molecular complexity index is 1000. The maximum atomic E-state index is 13.5. The molecule has 0 saturated carbocycles. The van der Waals surface area contributed by atoms with E-state index in [0.29, 0.717) is 10.0 Å². The summed E-state index contributed by atoms with van der Waals surface area (Å²) in [6.45, 7) is 2.72. The quantitative estimate of drug-likeness (QED) is 0.576.